The number of carboxylic acid groups (broad SMARTS) is 1. The lowest BCUT2D eigenvalue weighted by Gasteiger charge is -2.27. The van der Waals surface area contributed by atoms with E-state index in [-0.39, 0.29) is 42.6 Å². The van der Waals surface area contributed by atoms with E-state index in [4.69, 9.17) is 5.73 Å². The number of nitrogens with two attached hydrogens (primary N) is 1. The minimum atomic E-state index is -1.31. The Morgan fingerprint density at radius 1 is 0.707 bits per heavy atom. The van der Waals surface area contributed by atoms with Crippen LogP contribution in [0.1, 0.15) is 51.7 Å². The monoisotopic (exact) mass is 570 g/mol. The van der Waals surface area contributed by atoms with Crippen molar-refractivity contribution in [3.63, 3.8) is 0 Å². The molecule has 5 atom stereocenters. The molecule has 0 radical (unpaired) electrons. The smallest absolute Gasteiger partial charge is 0.326 e. The Labute approximate surface area is 240 Å². The maximum Gasteiger partial charge on any atom is 0.326 e. The number of hydrogen-bond donors (Lipinski definition) is 7. The van der Waals surface area contributed by atoms with Crippen molar-refractivity contribution in [1.29, 1.82) is 0 Å². The maximum absolute atomic E-state index is 13.5. The number of amides is 3. The lowest BCUT2D eigenvalue weighted by atomic mass is 9.97. The number of carboxylic acids is 1. The highest BCUT2D eigenvalue weighted by Gasteiger charge is 2.31. The van der Waals surface area contributed by atoms with Gasteiger partial charge in [0.25, 0.3) is 0 Å². The third-order valence-corrected chi connectivity index (χ3v) is 6.90. The van der Waals surface area contributed by atoms with Gasteiger partial charge in [-0.2, -0.15) is 0 Å². The number of carbonyl (C=O) groups excluding carboxylic acids is 3. The zero-order valence-corrected chi connectivity index (χ0v) is 24.0. The van der Waals surface area contributed by atoms with E-state index in [2.05, 4.69) is 16.0 Å². The van der Waals surface area contributed by atoms with Crippen molar-refractivity contribution < 1.29 is 34.5 Å². The molecule has 2 rings (SSSR count). The highest BCUT2D eigenvalue weighted by Crippen LogP contribution is 2.15. The summed E-state index contributed by atoms with van der Waals surface area (Å²) in [6.45, 7) is 7.54. The van der Waals surface area contributed by atoms with E-state index in [1.807, 2.05) is 27.7 Å². The number of carbonyl (C=O) groups is 4. The average Bonchev–Trinajstić information content (AvgIpc) is 2.92. The first-order valence-electron chi connectivity index (χ1n) is 13.8. The number of aromatic hydroxyl groups is 2. The van der Waals surface area contributed by atoms with Crippen molar-refractivity contribution in [1.82, 2.24) is 16.0 Å². The van der Waals surface area contributed by atoms with Gasteiger partial charge in [0.1, 0.15) is 29.6 Å². The third-order valence-electron chi connectivity index (χ3n) is 6.90. The summed E-state index contributed by atoms with van der Waals surface area (Å²) in [6.07, 6.45) is 0.912. The lowest BCUT2D eigenvalue weighted by Crippen LogP contribution is -2.58. The highest BCUT2D eigenvalue weighted by atomic mass is 16.4. The van der Waals surface area contributed by atoms with Crippen molar-refractivity contribution in [3.05, 3.63) is 59.7 Å². The molecule has 0 aromatic heterocycles. The van der Waals surface area contributed by atoms with Gasteiger partial charge >= 0.3 is 5.97 Å². The summed E-state index contributed by atoms with van der Waals surface area (Å²) in [4.78, 5) is 51.7. The second kappa shape index (κ2) is 15.6. The number of benzene rings is 2. The summed E-state index contributed by atoms with van der Waals surface area (Å²) in [5, 5.41) is 36.9. The van der Waals surface area contributed by atoms with Crippen molar-refractivity contribution in [3.8, 4) is 11.5 Å². The fourth-order valence-electron chi connectivity index (χ4n) is 4.17. The third kappa shape index (κ3) is 10.8. The summed E-state index contributed by atoms with van der Waals surface area (Å²) in [7, 11) is 0. The number of rotatable bonds is 15. The lowest BCUT2D eigenvalue weighted by molar-refractivity contribution is -0.142. The molecule has 5 unspecified atom stereocenters. The van der Waals surface area contributed by atoms with Crippen LogP contribution >= 0.6 is 0 Å². The SMILES string of the molecule is CCC(C)C(N)C(=O)NC(CC(C)C)C(=O)NC(Cc1ccc(O)cc1)C(=O)NC(Cc1ccc(O)cc1)C(=O)O. The maximum atomic E-state index is 13.5. The number of phenols is 2. The Hall–Kier alpha value is -4.12. The first kappa shape index (κ1) is 33.1. The molecule has 2 aromatic rings. The summed E-state index contributed by atoms with van der Waals surface area (Å²) in [6, 6.07) is 7.71. The summed E-state index contributed by atoms with van der Waals surface area (Å²) in [5.41, 5.74) is 7.26. The number of phenolic OH excluding ortho intramolecular Hbond substituents is 2. The number of aliphatic carboxylic acids is 1. The van der Waals surface area contributed by atoms with Gasteiger partial charge < -0.3 is 37.0 Å². The van der Waals surface area contributed by atoms with E-state index in [1.165, 1.54) is 24.3 Å². The van der Waals surface area contributed by atoms with Crippen molar-refractivity contribution in [2.24, 2.45) is 17.6 Å². The molecule has 0 fully saturated rings. The van der Waals surface area contributed by atoms with Crippen LogP contribution in [-0.2, 0) is 32.0 Å². The van der Waals surface area contributed by atoms with Gasteiger partial charge in [-0.25, -0.2) is 4.79 Å². The zero-order chi connectivity index (χ0) is 30.7. The standard InChI is InChI=1S/C30H42N4O7/c1-5-18(4)26(31)29(39)33-23(14-17(2)3)27(37)32-24(15-19-6-10-21(35)11-7-19)28(38)34-25(30(40)41)16-20-8-12-22(36)13-9-20/h6-13,17-18,23-26,35-36H,5,14-16,31H2,1-4H3,(H,32,37)(H,33,39)(H,34,38)(H,40,41). The van der Waals surface area contributed by atoms with E-state index in [0.29, 0.717) is 17.5 Å². The van der Waals surface area contributed by atoms with Crippen LogP contribution in [0.5, 0.6) is 11.5 Å². The molecular weight excluding hydrogens is 528 g/mol. The number of nitrogens with one attached hydrogen (secondary N) is 3. The largest absolute Gasteiger partial charge is 0.508 e. The van der Waals surface area contributed by atoms with E-state index >= 15 is 0 Å². The van der Waals surface area contributed by atoms with Gasteiger partial charge in [-0.1, -0.05) is 58.4 Å². The van der Waals surface area contributed by atoms with Gasteiger partial charge in [0.15, 0.2) is 0 Å². The summed E-state index contributed by atoms with van der Waals surface area (Å²) in [5.74, 6) is -3.12. The van der Waals surface area contributed by atoms with Gasteiger partial charge in [-0.15, -0.1) is 0 Å². The molecule has 0 spiro atoms. The van der Waals surface area contributed by atoms with E-state index < -0.39 is 47.9 Å². The predicted molar refractivity (Wildman–Crippen MR) is 154 cm³/mol. The molecule has 11 nitrogen and oxygen atoms in total. The molecule has 8 N–H and O–H groups in total. The van der Waals surface area contributed by atoms with Crippen molar-refractivity contribution in [2.45, 2.75) is 77.5 Å². The quantitative estimate of drug-likeness (QED) is 0.169. The van der Waals surface area contributed by atoms with Gasteiger partial charge in [0.05, 0.1) is 6.04 Å². The molecule has 2 aromatic carbocycles. The van der Waals surface area contributed by atoms with Gasteiger partial charge in [-0.3, -0.25) is 14.4 Å². The van der Waals surface area contributed by atoms with Crippen LogP contribution in [0, 0.1) is 11.8 Å². The van der Waals surface area contributed by atoms with Crippen LogP contribution in [0.25, 0.3) is 0 Å². The normalized spacial score (nSPS) is 14.8. The zero-order valence-electron chi connectivity index (χ0n) is 24.0. The minimum absolute atomic E-state index is 0.00186. The molecule has 0 heterocycles. The Morgan fingerprint density at radius 3 is 1.56 bits per heavy atom. The van der Waals surface area contributed by atoms with Crippen molar-refractivity contribution >= 4 is 23.7 Å². The molecule has 0 saturated heterocycles. The summed E-state index contributed by atoms with van der Waals surface area (Å²) >= 11 is 0. The Morgan fingerprint density at radius 2 is 1.12 bits per heavy atom. The molecule has 0 bridgehead atoms. The Bertz CT molecular complexity index is 1170. The number of hydrogen-bond acceptors (Lipinski definition) is 7. The van der Waals surface area contributed by atoms with Crippen LogP contribution in [0.15, 0.2) is 48.5 Å². The molecule has 11 heteroatoms. The van der Waals surface area contributed by atoms with Crippen LogP contribution in [0.4, 0.5) is 0 Å². The fraction of sp³-hybridized carbons (Fsp3) is 0.467. The molecular formula is C30H42N4O7. The van der Waals surface area contributed by atoms with Crippen LogP contribution < -0.4 is 21.7 Å². The molecule has 0 aliphatic carbocycles. The van der Waals surface area contributed by atoms with Crippen molar-refractivity contribution in [2.75, 3.05) is 0 Å². The second-order valence-corrected chi connectivity index (χ2v) is 10.8. The first-order chi connectivity index (χ1) is 19.3. The van der Waals surface area contributed by atoms with E-state index in [9.17, 15) is 34.5 Å². The van der Waals surface area contributed by atoms with Gasteiger partial charge in [0.2, 0.25) is 17.7 Å². The van der Waals surface area contributed by atoms with Crippen LogP contribution in [0.2, 0.25) is 0 Å². The highest BCUT2D eigenvalue weighted by molar-refractivity contribution is 5.94. The molecule has 41 heavy (non-hydrogen) atoms. The molecule has 0 aliphatic heterocycles. The topological polar surface area (TPSA) is 191 Å². The molecule has 0 aliphatic rings. The predicted octanol–water partition coefficient (Wildman–Crippen LogP) is 1.84. The molecule has 224 valence electrons. The molecule has 0 saturated carbocycles. The molecule has 3 amide bonds. The Balaban J connectivity index is 2.29. The minimum Gasteiger partial charge on any atom is -0.508 e. The van der Waals surface area contributed by atoms with Crippen LogP contribution in [0.3, 0.4) is 0 Å². The second-order valence-electron chi connectivity index (χ2n) is 10.8. The average molecular weight is 571 g/mol. The van der Waals surface area contributed by atoms with E-state index in [0.717, 1.165) is 0 Å². The fourth-order valence-corrected chi connectivity index (χ4v) is 4.17. The van der Waals surface area contributed by atoms with Gasteiger partial charge in [-0.05, 0) is 53.6 Å². The Kier molecular flexibility index (Phi) is 12.6. The summed E-state index contributed by atoms with van der Waals surface area (Å²) < 4.78 is 0. The van der Waals surface area contributed by atoms with Crippen LogP contribution in [-0.4, -0.2) is 63.2 Å². The van der Waals surface area contributed by atoms with E-state index in [1.54, 1.807) is 24.3 Å². The first-order valence-corrected chi connectivity index (χ1v) is 13.8. The van der Waals surface area contributed by atoms with Gasteiger partial charge in [0, 0.05) is 12.8 Å².